The molecule has 1 saturated heterocycles. The van der Waals surface area contributed by atoms with Gasteiger partial charge in [0.2, 0.25) is 5.91 Å². The molecule has 1 aliphatic heterocycles. The fourth-order valence-corrected chi connectivity index (χ4v) is 4.01. The molecule has 0 spiro atoms. The van der Waals surface area contributed by atoms with E-state index in [4.69, 9.17) is 4.74 Å². The van der Waals surface area contributed by atoms with Gasteiger partial charge < -0.3 is 15.0 Å². The lowest BCUT2D eigenvalue weighted by Gasteiger charge is -2.35. The molecule has 2 N–H and O–H groups in total. The van der Waals surface area contributed by atoms with E-state index in [2.05, 4.69) is 62.0 Å². The first kappa shape index (κ1) is 19.9. The zero-order valence-corrected chi connectivity index (χ0v) is 17.3. The molecule has 2 aromatic rings. The van der Waals surface area contributed by atoms with Gasteiger partial charge in [0, 0.05) is 36.8 Å². The standard InChI is InChI=1S/C22H33N3O2/c1-6-20-16(5)19-10-15(4)9-17(22(19)24-20)12-23-21(26)11-18-13-25(14(2)3)7-8-27-18/h9-10,14,18,24H,6-8,11-13H2,1-5H3,(H,23,26)/t18-/m0/s1. The summed E-state index contributed by atoms with van der Waals surface area (Å²) in [4.78, 5) is 18.4. The van der Waals surface area contributed by atoms with E-state index in [0.29, 0.717) is 25.6 Å². The summed E-state index contributed by atoms with van der Waals surface area (Å²) in [6.07, 6.45) is 1.39. The maximum absolute atomic E-state index is 12.5. The third-order valence-electron chi connectivity index (χ3n) is 5.64. The van der Waals surface area contributed by atoms with Gasteiger partial charge in [-0.05, 0) is 51.3 Å². The molecule has 0 saturated carbocycles. The molecule has 0 bridgehead atoms. The van der Waals surface area contributed by atoms with Crippen molar-refractivity contribution in [3.8, 4) is 0 Å². The zero-order valence-electron chi connectivity index (χ0n) is 17.3. The number of H-pyrrole nitrogens is 1. The monoisotopic (exact) mass is 371 g/mol. The van der Waals surface area contributed by atoms with E-state index < -0.39 is 0 Å². The van der Waals surface area contributed by atoms with E-state index in [-0.39, 0.29) is 12.0 Å². The number of fused-ring (bicyclic) bond motifs is 1. The summed E-state index contributed by atoms with van der Waals surface area (Å²) >= 11 is 0. The molecular weight excluding hydrogens is 338 g/mol. The molecule has 0 radical (unpaired) electrons. The number of nitrogens with one attached hydrogen (secondary N) is 2. The Kier molecular flexibility index (Phi) is 6.22. The Morgan fingerprint density at radius 3 is 2.85 bits per heavy atom. The van der Waals surface area contributed by atoms with E-state index in [9.17, 15) is 4.79 Å². The first-order chi connectivity index (χ1) is 12.9. The maximum atomic E-state index is 12.5. The number of aromatic nitrogens is 1. The van der Waals surface area contributed by atoms with Gasteiger partial charge in [-0.2, -0.15) is 0 Å². The summed E-state index contributed by atoms with van der Waals surface area (Å²) in [5, 5.41) is 4.36. The lowest BCUT2D eigenvalue weighted by molar-refractivity contribution is -0.126. The summed E-state index contributed by atoms with van der Waals surface area (Å²) in [5.74, 6) is 0.0549. The van der Waals surface area contributed by atoms with E-state index in [1.165, 1.54) is 22.2 Å². The Bertz CT molecular complexity index is 809. The van der Waals surface area contributed by atoms with E-state index in [0.717, 1.165) is 30.6 Å². The van der Waals surface area contributed by atoms with Crippen LogP contribution in [-0.4, -0.2) is 47.6 Å². The van der Waals surface area contributed by atoms with Crippen molar-refractivity contribution in [1.29, 1.82) is 0 Å². The van der Waals surface area contributed by atoms with Crippen molar-refractivity contribution in [3.63, 3.8) is 0 Å². The highest BCUT2D eigenvalue weighted by Gasteiger charge is 2.24. The minimum absolute atomic E-state index is 0.0156. The number of ether oxygens (including phenoxy) is 1. The van der Waals surface area contributed by atoms with Gasteiger partial charge in [-0.25, -0.2) is 0 Å². The maximum Gasteiger partial charge on any atom is 0.222 e. The van der Waals surface area contributed by atoms with Crippen LogP contribution in [0.4, 0.5) is 0 Å². The van der Waals surface area contributed by atoms with Crippen LogP contribution in [0.15, 0.2) is 12.1 Å². The highest BCUT2D eigenvalue weighted by Crippen LogP contribution is 2.26. The van der Waals surface area contributed by atoms with Gasteiger partial charge >= 0.3 is 0 Å². The van der Waals surface area contributed by atoms with Gasteiger partial charge in [0.05, 0.1) is 24.6 Å². The molecule has 1 aliphatic rings. The Labute approximate surface area is 162 Å². The van der Waals surface area contributed by atoms with Crippen LogP contribution in [0.1, 0.15) is 49.6 Å². The molecule has 0 unspecified atom stereocenters. The molecule has 1 aromatic heterocycles. The molecular formula is C22H33N3O2. The number of nitrogens with zero attached hydrogens (tertiary/aromatic N) is 1. The van der Waals surface area contributed by atoms with Crippen LogP contribution in [0.5, 0.6) is 0 Å². The first-order valence-corrected chi connectivity index (χ1v) is 10.1. The van der Waals surface area contributed by atoms with Gasteiger partial charge in [0.15, 0.2) is 0 Å². The summed E-state index contributed by atoms with van der Waals surface area (Å²) in [5.41, 5.74) is 6.10. The highest BCUT2D eigenvalue weighted by atomic mass is 16.5. The molecule has 5 heteroatoms. The van der Waals surface area contributed by atoms with Crippen LogP contribution in [-0.2, 0) is 22.5 Å². The Hall–Kier alpha value is -1.85. The second-order valence-electron chi connectivity index (χ2n) is 7.99. The van der Waals surface area contributed by atoms with Crippen LogP contribution in [0, 0.1) is 13.8 Å². The zero-order chi connectivity index (χ0) is 19.6. The third kappa shape index (κ3) is 4.53. The number of morpholine rings is 1. The minimum atomic E-state index is -0.0156. The fourth-order valence-electron chi connectivity index (χ4n) is 4.01. The van der Waals surface area contributed by atoms with Crippen LogP contribution >= 0.6 is 0 Å². The van der Waals surface area contributed by atoms with Crippen LogP contribution < -0.4 is 5.32 Å². The average molecular weight is 372 g/mol. The largest absolute Gasteiger partial charge is 0.375 e. The van der Waals surface area contributed by atoms with Gasteiger partial charge in [0.1, 0.15) is 0 Å². The predicted octanol–water partition coefficient (Wildman–Crippen LogP) is 3.46. The van der Waals surface area contributed by atoms with Crippen LogP contribution in [0.2, 0.25) is 0 Å². The fraction of sp³-hybridized carbons (Fsp3) is 0.591. The molecule has 5 nitrogen and oxygen atoms in total. The number of hydrogen-bond acceptors (Lipinski definition) is 3. The summed E-state index contributed by atoms with van der Waals surface area (Å²) in [6, 6.07) is 4.88. The molecule has 1 atom stereocenters. The minimum Gasteiger partial charge on any atom is -0.375 e. The van der Waals surface area contributed by atoms with Gasteiger partial charge in [-0.15, -0.1) is 0 Å². The van der Waals surface area contributed by atoms with E-state index in [1.807, 2.05) is 0 Å². The predicted molar refractivity (Wildman–Crippen MR) is 110 cm³/mol. The third-order valence-corrected chi connectivity index (χ3v) is 5.64. The van der Waals surface area contributed by atoms with Gasteiger partial charge in [-0.1, -0.05) is 18.6 Å². The quantitative estimate of drug-likeness (QED) is 0.818. The number of hydrogen-bond donors (Lipinski definition) is 2. The molecule has 3 rings (SSSR count). The lowest BCUT2D eigenvalue weighted by atomic mass is 10.0. The van der Waals surface area contributed by atoms with Crippen molar-refractivity contribution >= 4 is 16.8 Å². The molecule has 1 amide bonds. The van der Waals surface area contributed by atoms with Crippen LogP contribution in [0.3, 0.4) is 0 Å². The number of aryl methyl sites for hydroxylation is 3. The molecule has 1 aromatic carbocycles. The van der Waals surface area contributed by atoms with E-state index in [1.54, 1.807) is 0 Å². The van der Waals surface area contributed by atoms with Crippen molar-refractivity contribution in [2.75, 3.05) is 19.7 Å². The van der Waals surface area contributed by atoms with Crippen LogP contribution in [0.25, 0.3) is 10.9 Å². The Balaban J connectivity index is 1.65. The Morgan fingerprint density at radius 1 is 1.37 bits per heavy atom. The first-order valence-electron chi connectivity index (χ1n) is 10.1. The summed E-state index contributed by atoms with van der Waals surface area (Å²) < 4.78 is 5.80. The highest BCUT2D eigenvalue weighted by molar-refractivity contribution is 5.88. The van der Waals surface area contributed by atoms with Gasteiger partial charge in [-0.3, -0.25) is 9.69 Å². The topological polar surface area (TPSA) is 57.4 Å². The number of rotatable bonds is 6. The second-order valence-corrected chi connectivity index (χ2v) is 7.99. The molecule has 2 heterocycles. The van der Waals surface area contributed by atoms with Crippen molar-refractivity contribution in [2.45, 2.75) is 66.2 Å². The lowest BCUT2D eigenvalue weighted by Crippen LogP contribution is -2.47. The molecule has 148 valence electrons. The number of benzene rings is 1. The average Bonchev–Trinajstić information content (AvgIpc) is 2.96. The molecule has 27 heavy (non-hydrogen) atoms. The number of carbonyl (C=O) groups excluding carboxylic acids is 1. The number of carbonyl (C=O) groups is 1. The normalized spacial score (nSPS) is 18.4. The SMILES string of the molecule is CCc1[nH]c2c(CNC(=O)C[C@H]3CN(C(C)C)CCO3)cc(C)cc2c1C. The summed E-state index contributed by atoms with van der Waals surface area (Å²) in [6.45, 7) is 13.8. The second kappa shape index (κ2) is 8.44. The number of aromatic amines is 1. The Morgan fingerprint density at radius 2 is 2.15 bits per heavy atom. The van der Waals surface area contributed by atoms with Crippen molar-refractivity contribution in [1.82, 2.24) is 15.2 Å². The molecule has 1 fully saturated rings. The van der Waals surface area contributed by atoms with Crippen molar-refractivity contribution in [3.05, 3.63) is 34.5 Å². The number of amides is 1. The van der Waals surface area contributed by atoms with Gasteiger partial charge in [0.25, 0.3) is 0 Å². The molecule has 0 aliphatic carbocycles. The van der Waals surface area contributed by atoms with Crippen molar-refractivity contribution < 1.29 is 9.53 Å². The van der Waals surface area contributed by atoms with Crippen molar-refractivity contribution in [2.24, 2.45) is 0 Å². The smallest absolute Gasteiger partial charge is 0.222 e. The summed E-state index contributed by atoms with van der Waals surface area (Å²) in [7, 11) is 0. The van der Waals surface area contributed by atoms with E-state index >= 15 is 0 Å².